The Hall–Kier alpha value is -1.81. The van der Waals surface area contributed by atoms with E-state index in [-0.39, 0.29) is 11.8 Å². The van der Waals surface area contributed by atoms with Crippen LogP contribution < -0.4 is 5.32 Å². The van der Waals surface area contributed by atoms with Gasteiger partial charge in [0.15, 0.2) is 0 Å². The van der Waals surface area contributed by atoms with Gasteiger partial charge in [-0.1, -0.05) is 19.1 Å². The van der Waals surface area contributed by atoms with Gasteiger partial charge in [0.1, 0.15) is 11.5 Å². The lowest BCUT2D eigenvalue weighted by Crippen LogP contribution is -2.18. The number of phenolic OH excluding ortho intramolecular Hbond substituents is 1. The van der Waals surface area contributed by atoms with Crippen molar-refractivity contribution in [2.75, 3.05) is 0 Å². The highest BCUT2D eigenvalue weighted by atomic mass is 16.4. The lowest BCUT2D eigenvalue weighted by Gasteiger charge is -2.13. The zero-order valence-electron chi connectivity index (χ0n) is 10.7. The van der Waals surface area contributed by atoms with Gasteiger partial charge in [0, 0.05) is 12.5 Å². The Bertz CT molecular complexity index is 508. The standard InChI is InChI=1S/C14H18N2O2/c1-3-13-8-16-14(18-13)9-15-10(2)11-5-4-6-12(17)7-11/h4-8,10,15,17H,3,9H2,1-2H3. The monoisotopic (exact) mass is 246 g/mol. The van der Waals surface area contributed by atoms with Gasteiger partial charge < -0.3 is 14.8 Å². The highest BCUT2D eigenvalue weighted by molar-refractivity contribution is 5.29. The molecule has 0 aliphatic rings. The number of rotatable bonds is 5. The lowest BCUT2D eigenvalue weighted by molar-refractivity contribution is 0.423. The number of hydrogen-bond acceptors (Lipinski definition) is 4. The van der Waals surface area contributed by atoms with Crippen molar-refractivity contribution < 1.29 is 9.52 Å². The first-order chi connectivity index (χ1) is 8.69. The van der Waals surface area contributed by atoms with Gasteiger partial charge in [0.25, 0.3) is 0 Å². The highest BCUT2D eigenvalue weighted by Gasteiger charge is 2.08. The van der Waals surface area contributed by atoms with Gasteiger partial charge in [-0.25, -0.2) is 4.98 Å². The van der Waals surface area contributed by atoms with Gasteiger partial charge in [0.2, 0.25) is 5.89 Å². The first-order valence-electron chi connectivity index (χ1n) is 6.15. The van der Waals surface area contributed by atoms with Crippen LogP contribution in [0.5, 0.6) is 5.75 Å². The predicted molar refractivity (Wildman–Crippen MR) is 69.2 cm³/mol. The molecule has 0 fully saturated rings. The highest BCUT2D eigenvalue weighted by Crippen LogP contribution is 2.18. The van der Waals surface area contributed by atoms with Crippen molar-refractivity contribution >= 4 is 0 Å². The number of aromatic nitrogens is 1. The summed E-state index contributed by atoms with van der Waals surface area (Å²) in [4.78, 5) is 4.19. The lowest BCUT2D eigenvalue weighted by atomic mass is 10.1. The van der Waals surface area contributed by atoms with Gasteiger partial charge in [-0.2, -0.15) is 0 Å². The minimum atomic E-state index is 0.133. The molecule has 1 atom stereocenters. The molecule has 2 rings (SSSR count). The van der Waals surface area contributed by atoms with E-state index in [1.165, 1.54) is 0 Å². The molecule has 0 bridgehead atoms. The molecule has 18 heavy (non-hydrogen) atoms. The molecule has 1 aromatic carbocycles. The van der Waals surface area contributed by atoms with Crippen LogP contribution in [0.15, 0.2) is 34.9 Å². The van der Waals surface area contributed by atoms with Crippen molar-refractivity contribution in [2.45, 2.75) is 32.9 Å². The molecule has 1 unspecified atom stereocenters. The zero-order valence-corrected chi connectivity index (χ0v) is 10.7. The summed E-state index contributed by atoms with van der Waals surface area (Å²) in [6, 6.07) is 7.37. The summed E-state index contributed by atoms with van der Waals surface area (Å²) in [5, 5.41) is 12.7. The molecular weight excluding hydrogens is 228 g/mol. The van der Waals surface area contributed by atoms with Crippen LogP contribution >= 0.6 is 0 Å². The molecule has 4 nitrogen and oxygen atoms in total. The smallest absolute Gasteiger partial charge is 0.208 e. The summed E-state index contributed by atoms with van der Waals surface area (Å²) >= 11 is 0. The van der Waals surface area contributed by atoms with E-state index >= 15 is 0 Å². The molecule has 0 saturated carbocycles. The number of hydrogen-bond donors (Lipinski definition) is 2. The number of phenols is 1. The number of benzene rings is 1. The van der Waals surface area contributed by atoms with Crippen molar-refractivity contribution in [3.8, 4) is 5.75 Å². The maximum Gasteiger partial charge on any atom is 0.208 e. The topological polar surface area (TPSA) is 58.3 Å². The van der Waals surface area contributed by atoms with E-state index in [4.69, 9.17) is 4.42 Å². The number of oxazole rings is 1. The van der Waals surface area contributed by atoms with Crippen LogP contribution in [-0.4, -0.2) is 10.1 Å². The molecule has 0 aliphatic carbocycles. The molecule has 0 amide bonds. The van der Waals surface area contributed by atoms with E-state index in [0.29, 0.717) is 12.4 Å². The number of aromatic hydroxyl groups is 1. The van der Waals surface area contributed by atoms with Crippen LogP contribution in [0.4, 0.5) is 0 Å². The van der Waals surface area contributed by atoms with Crippen LogP contribution in [0.25, 0.3) is 0 Å². The minimum Gasteiger partial charge on any atom is -0.508 e. The van der Waals surface area contributed by atoms with Crippen molar-refractivity contribution in [3.63, 3.8) is 0 Å². The second-order valence-electron chi connectivity index (χ2n) is 4.27. The quantitative estimate of drug-likeness (QED) is 0.851. The van der Waals surface area contributed by atoms with Crippen LogP contribution in [0.3, 0.4) is 0 Å². The number of nitrogens with zero attached hydrogens (tertiary/aromatic N) is 1. The van der Waals surface area contributed by atoms with E-state index in [0.717, 1.165) is 17.7 Å². The van der Waals surface area contributed by atoms with Crippen molar-refractivity contribution in [1.82, 2.24) is 10.3 Å². The van der Waals surface area contributed by atoms with Crippen LogP contribution in [0.2, 0.25) is 0 Å². The maximum absolute atomic E-state index is 9.42. The fourth-order valence-electron chi connectivity index (χ4n) is 1.75. The average molecular weight is 246 g/mol. The Morgan fingerprint density at radius 2 is 2.28 bits per heavy atom. The van der Waals surface area contributed by atoms with Gasteiger partial charge in [-0.3, -0.25) is 0 Å². The fourth-order valence-corrected chi connectivity index (χ4v) is 1.75. The van der Waals surface area contributed by atoms with Gasteiger partial charge in [-0.15, -0.1) is 0 Å². The van der Waals surface area contributed by atoms with Crippen molar-refractivity contribution in [3.05, 3.63) is 47.7 Å². The third-order valence-electron chi connectivity index (χ3n) is 2.88. The van der Waals surface area contributed by atoms with Crippen LogP contribution in [0.1, 0.15) is 37.1 Å². The molecule has 0 saturated heterocycles. The molecule has 1 aromatic heterocycles. The van der Waals surface area contributed by atoms with Crippen LogP contribution in [-0.2, 0) is 13.0 Å². The fraction of sp³-hybridized carbons (Fsp3) is 0.357. The van der Waals surface area contributed by atoms with E-state index < -0.39 is 0 Å². The van der Waals surface area contributed by atoms with E-state index in [1.807, 2.05) is 26.0 Å². The molecule has 0 spiro atoms. The third kappa shape index (κ3) is 3.11. The Kier molecular flexibility index (Phi) is 3.99. The average Bonchev–Trinajstić information content (AvgIpc) is 2.84. The Morgan fingerprint density at radius 1 is 1.44 bits per heavy atom. The molecule has 96 valence electrons. The first-order valence-corrected chi connectivity index (χ1v) is 6.15. The Labute approximate surface area is 107 Å². The molecule has 2 N–H and O–H groups in total. The molecular formula is C14H18N2O2. The van der Waals surface area contributed by atoms with Crippen LogP contribution in [0, 0.1) is 0 Å². The summed E-state index contributed by atoms with van der Waals surface area (Å²) in [5.41, 5.74) is 1.04. The van der Waals surface area contributed by atoms with Gasteiger partial charge >= 0.3 is 0 Å². The summed E-state index contributed by atoms with van der Waals surface area (Å²) < 4.78 is 5.52. The Morgan fingerprint density at radius 3 is 2.94 bits per heavy atom. The van der Waals surface area contributed by atoms with Crippen molar-refractivity contribution in [2.24, 2.45) is 0 Å². The molecule has 1 heterocycles. The molecule has 2 aromatic rings. The summed E-state index contributed by atoms with van der Waals surface area (Å²) in [6.45, 7) is 4.66. The number of nitrogens with one attached hydrogen (secondary N) is 1. The molecule has 4 heteroatoms. The van der Waals surface area contributed by atoms with Gasteiger partial charge in [0.05, 0.1) is 12.7 Å². The second-order valence-corrected chi connectivity index (χ2v) is 4.27. The first kappa shape index (κ1) is 12.6. The SMILES string of the molecule is CCc1cnc(CNC(C)c2cccc(O)c2)o1. The number of aryl methyl sites for hydroxylation is 1. The molecule has 0 aliphatic heterocycles. The van der Waals surface area contributed by atoms with Gasteiger partial charge in [-0.05, 0) is 24.6 Å². The third-order valence-corrected chi connectivity index (χ3v) is 2.88. The Balaban J connectivity index is 1.93. The molecule has 0 radical (unpaired) electrons. The zero-order chi connectivity index (χ0) is 13.0. The largest absolute Gasteiger partial charge is 0.508 e. The van der Waals surface area contributed by atoms with Crippen molar-refractivity contribution in [1.29, 1.82) is 0 Å². The summed E-state index contributed by atoms with van der Waals surface area (Å²) in [7, 11) is 0. The normalized spacial score (nSPS) is 12.6. The van der Waals surface area contributed by atoms with E-state index in [2.05, 4.69) is 10.3 Å². The second kappa shape index (κ2) is 5.69. The predicted octanol–water partition coefficient (Wildman–Crippen LogP) is 2.79. The summed E-state index contributed by atoms with van der Waals surface area (Å²) in [6.07, 6.45) is 2.62. The minimum absolute atomic E-state index is 0.133. The van der Waals surface area contributed by atoms with E-state index in [1.54, 1.807) is 18.3 Å². The maximum atomic E-state index is 9.42. The van der Waals surface area contributed by atoms with E-state index in [9.17, 15) is 5.11 Å². The summed E-state index contributed by atoms with van der Waals surface area (Å²) in [5.74, 6) is 1.88.